The van der Waals surface area contributed by atoms with Gasteiger partial charge in [-0.3, -0.25) is 0 Å². The van der Waals surface area contributed by atoms with Gasteiger partial charge in [0.05, 0.1) is 6.61 Å². The molecule has 1 unspecified atom stereocenters. The Labute approximate surface area is 130 Å². The maximum Gasteiger partial charge on any atom is 0.119 e. The highest BCUT2D eigenvalue weighted by atomic mass is 16.5. The summed E-state index contributed by atoms with van der Waals surface area (Å²) in [5.74, 6) is 1.57. The van der Waals surface area contributed by atoms with Crippen molar-refractivity contribution >= 4 is 0 Å². The van der Waals surface area contributed by atoms with Gasteiger partial charge in [-0.1, -0.05) is 39.3 Å². The summed E-state index contributed by atoms with van der Waals surface area (Å²) >= 11 is 0. The van der Waals surface area contributed by atoms with Gasteiger partial charge in [0.25, 0.3) is 0 Å². The number of rotatable bonds is 12. The number of hydrogen-bond acceptors (Lipinski definition) is 3. The molecule has 0 spiro atoms. The second-order valence-electron chi connectivity index (χ2n) is 5.44. The third-order valence-electron chi connectivity index (χ3n) is 3.67. The van der Waals surface area contributed by atoms with E-state index >= 15 is 0 Å². The molecule has 21 heavy (non-hydrogen) atoms. The summed E-state index contributed by atoms with van der Waals surface area (Å²) in [6.07, 6.45) is 3.51. The van der Waals surface area contributed by atoms with Crippen molar-refractivity contribution in [1.82, 2.24) is 5.32 Å². The van der Waals surface area contributed by atoms with Crippen molar-refractivity contribution in [3.63, 3.8) is 0 Å². The summed E-state index contributed by atoms with van der Waals surface area (Å²) in [5, 5.41) is 3.32. The Kier molecular flexibility index (Phi) is 9.92. The molecule has 0 saturated carbocycles. The van der Waals surface area contributed by atoms with Gasteiger partial charge in [-0.05, 0) is 36.5 Å². The molecule has 1 N–H and O–H groups in total. The van der Waals surface area contributed by atoms with Crippen LogP contribution in [0.15, 0.2) is 24.3 Å². The van der Waals surface area contributed by atoms with E-state index < -0.39 is 0 Å². The summed E-state index contributed by atoms with van der Waals surface area (Å²) in [7, 11) is 0. The number of unbranched alkanes of at least 4 members (excludes halogenated alkanes) is 1. The maximum atomic E-state index is 5.72. The van der Waals surface area contributed by atoms with E-state index in [1.807, 2.05) is 0 Å². The zero-order chi connectivity index (χ0) is 15.3. The number of hydrogen-bond donors (Lipinski definition) is 1. The molecule has 0 aliphatic heterocycles. The molecule has 120 valence electrons. The van der Waals surface area contributed by atoms with Crippen LogP contribution < -0.4 is 10.1 Å². The van der Waals surface area contributed by atoms with Crippen LogP contribution in [0.5, 0.6) is 5.75 Å². The standard InChI is InChI=1S/C18H31NO2/c1-4-6-13-20-14-11-19-12-15-21-18-9-7-17(8-10-18)16(3)5-2/h7-10,16,19H,4-6,11-15H2,1-3H3. The monoisotopic (exact) mass is 293 g/mol. The summed E-state index contributed by atoms with van der Waals surface area (Å²) in [5.41, 5.74) is 1.38. The van der Waals surface area contributed by atoms with Gasteiger partial charge < -0.3 is 14.8 Å². The van der Waals surface area contributed by atoms with E-state index in [9.17, 15) is 0 Å². The molecule has 0 radical (unpaired) electrons. The average Bonchev–Trinajstić information content (AvgIpc) is 2.53. The largest absolute Gasteiger partial charge is 0.492 e. The molecule has 3 heteroatoms. The van der Waals surface area contributed by atoms with E-state index in [1.54, 1.807) is 0 Å². The lowest BCUT2D eigenvalue weighted by atomic mass is 9.99. The highest BCUT2D eigenvalue weighted by Gasteiger charge is 2.02. The van der Waals surface area contributed by atoms with Crippen LogP contribution in [-0.4, -0.2) is 32.9 Å². The molecule has 3 nitrogen and oxygen atoms in total. The van der Waals surface area contributed by atoms with E-state index in [1.165, 1.54) is 18.4 Å². The Morgan fingerprint density at radius 1 is 1.00 bits per heavy atom. The predicted octanol–water partition coefficient (Wildman–Crippen LogP) is 3.99. The van der Waals surface area contributed by atoms with Crippen molar-refractivity contribution in [2.45, 2.75) is 46.0 Å². The molecule has 0 aliphatic carbocycles. The molecule has 1 aromatic rings. The molecular formula is C18H31NO2. The van der Waals surface area contributed by atoms with Gasteiger partial charge >= 0.3 is 0 Å². The minimum atomic E-state index is 0.619. The van der Waals surface area contributed by atoms with Crippen molar-refractivity contribution in [2.24, 2.45) is 0 Å². The molecule has 0 bridgehead atoms. The molecule has 0 aromatic heterocycles. The molecule has 1 rings (SSSR count). The van der Waals surface area contributed by atoms with Gasteiger partial charge in [0, 0.05) is 19.7 Å². The molecule has 0 saturated heterocycles. The molecule has 0 aliphatic rings. The molecule has 0 fully saturated rings. The van der Waals surface area contributed by atoms with Crippen molar-refractivity contribution in [1.29, 1.82) is 0 Å². The Morgan fingerprint density at radius 2 is 1.71 bits per heavy atom. The molecule has 0 amide bonds. The van der Waals surface area contributed by atoms with Crippen LogP contribution in [0.1, 0.15) is 51.5 Å². The van der Waals surface area contributed by atoms with Gasteiger partial charge in [0.2, 0.25) is 0 Å². The van der Waals surface area contributed by atoms with Gasteiger partial charge in [-0.25, -0.2) is 0 Å². The highest BCUT2D eigenvalue weighted by molar-refractivity contribution is 5.29. The fourth-order valence-electron chi connectivity index (χ4n) is 1.99. The number of nitrogens with one attached hydrogen (secondary N) is 1. The minimum Gasteiger partial charge on any atom is -0.492 e. The first kappa shape index (κ1) is 18.0. The lowest BCUT2D eigenvalue weighted by molar-refractivity contribution is 0.132. The number of ether oxygens (including phenoxy) is 2. The zero-order valence-electron chi connectivity index (χ0n) is 13.9. The van der Waals surface area contributed by atoms with E-state index in [0.29, 0.717) is 12.5 Å². The van der Waals surface area contributed by atoms with Gasteiger partial charge in [0.1, 0.15) is 12.4 Å². The lowest BCUT2D eigenvalue weighted by Gasteiger charge is -2.11. The molecule has 1 aromatic carbocycles. The normalized spacial score (nSPS) is 12.3. The SMILES string of the molecule is CCCCOCCNCCOc1ccc(C(C)CC)cc1. The Morgan fingerprint density at radius 3 is 2.38 bits per heavy atom. The van der Waals surface area contributed by atoms with E-state index in [-0.39, 0.29) is 0 Å². The summed E-state index contributed by atoms with van der Waals surface area (Å²) in [4.78, 5) is 0. The zero-order valence-corrected chi connectivity index (χ0v) is 13.9. The fraction of sp³-hybridized carbons (Fsp3) is 0.667. The van der Waals surface area contributed by atoms with Crippen LogP contribution in [0, 0.1) is 0 Å². The second-order valence-corrected chi connectivity index (χ2v) is 5.44. The third-order valence-corrected chi connectivity index (χ3v) is 3.67. The Bertz CT molecular complexity index is 351. The van der Waals surface area contributed by atoms with Crippen LogP contribution >= 0.6 is 0 Å². The first-order chi connectivity index (χ1) is 10.3. The van der Waals surface area contributed by atoms with Crippen molar-refractivity contribution in [3.05, 3.63) is 29.8 Å². The van der Waals surface area contributed by atoms with E-state index in [4.69, 9.17) is 9.47 Å². The Hall–Kier alpha value is -1.06. The fourth-order valence-corrected chi connectivity index (χ4v) is 1.99. The average molecular weight is 293 g/mol. The van der Waals surface area contributed by atoms with Crippen LogP contribution in [0.2, 0.25) is 0 Å². The summed E-state index contributed by atoms with van der Waals surface area (Å²) in [6, 6.07) is 8.46. The number of benzene rings is 1. The van der Waals surface area contributed by atoms with Crippen molar-refractivity contribution in [2.75, 3.05) is 32.9 Å². The van der Waals surface area contributed by atoms with Crippen LogP contribution in [0.4, 0.5) is 0 Å². The van der Waals surface area contributed by atoms with Crippen molar-refractivity contribution in [3.8, 4) is 5.75 Å². The van der Waals surface area contributed by atoms with Gasteiger partial charge in [-0.2, -0.15) is 0 Å². The van der Waals surface area contributed by atoms with E-state index in [2.05, 4.69) is 50.4 Å². The third kappa shape index (κ3) is 8.08. The topological polar surface area (TPSA) is 30.5 Å². The second kappa shape index (κ2) is 11.6. The maximum absolute atomic E-state index is 5.72. The highest BCUT2D eigenvalue weighted by Crippen LogP contribution is 2.21. The summed E-state index contributed by atoms with van der Waals surface area (Å²) in [6.45, 7) is 10.7. The first-order valence-electron chi connectivity index (χ1n) is 8.29. The van der Waals surface area contributed by atoms with Crippen LogP contribution in [0.3, 0.4) is 0 Å². The van der Waals surface area contributed by atoms with Gasteiger partial charge in [-0.15, -0.1) is 0 Å². The lowest BCUT2D eigenvalue weighted by Crippen LogP contribution is -2.25. The van der Waals surface area contributed by atoms with Crippen LogP contribution in [0.25, 0.3) is 0 Å². The Balaban J connectivity index is 2.05. The first-order valence-corrected chi connectivity index (χ1v) is 8.29. The van der Waals surface area contributed by atoms with E-state index in [0.717, 1.165) is 38.5 Å². The minimum absolute atomic E-state index is 0.619. The van der Waals surface area contributed by atoms with Gasteiger partial charge in [0.15, 0.2) is 0 Å². The predicted molar refractivity (Wildman–Crippen MR) is 89.2 cm³/mol. The molecule has 1 atom stereocenters. The van der Waals surface area contributed by atoms with Crippen LogP contribution in [-0.2, 0) is 4.74 Å². The quantitative estimate of drug-likeness (QED) is 0.591. The molecule has 0 heterocycles. The smallest absolute Gasteiger partial charge is 0.119 e. The van der Waals surface area contributed by atoms with Crippen molar-refractivity contribution < 1.29 is 9.47 Å². The summed E-state index contributed by atoms with van der Waals surface area (Å²) < 4.78 is 11.2. The molecular weight excluding hydrogens is 262 g/mol.